The Hall–Kier alpha value is -4.38. The first-order valence-corrected chi connectivity index (χ1v) is 12.8. The summed E-state index contributed by atoms with van der Waals surface area (Å²) in [4.78, 5) is 22.2. The third kappa shape index (κ3) is 4.68. The van der Waals surface area contributed by atoms with Crippen molar-refractivity contribution in [2.24, 2.45) is 0 Å². The zero-order valence-electron chi connectivity index (χ0n) is 21.7. The normalized spacial score (nSPS) is 12.7. The molecule has 0 amide bonds. The Bertz CT molecular complexity index is 1710. The molecule has 0 aromatic heterocycles. The number of rotatable bonds is 4. The van der Waals surface area contributed by atoms with Crippen molar-refractivity contribution < 1.29 is 24.5 Å². The fourth-order valence-electron chi connectivity index (χ4n) is 5.24. The van der Waals surface area contributed by atoms with Gasteiger partial charge in [0.2, 0.25) is 0 Å². The number of carbonyl (C=O) groups is 2. The van der Waals surface area contributed by atoms with Crippen LogP contribution >= 0.6 is 0 Å². The topological polar surface area (TPSA) is 83.8 Å². The molecule has 0 bridgehead atoms. The lowest BCUT2D eigenvalue weighted by molar-refractivity contribution is -0.152. The molecule has 38 heavy (non-hydrogen) atoms. The largest absolute Gasteiger partial charge is 0.478 e. The average molecular weight is 507 g/mol. The van der Waals surface area contributed by atoms with E-state index in [1.807, 2.05) is 36.4 Å². The number of fused-ring (bicyclic) bond motifs is 6. The molecule has 0 atom stereocenters. The van der Waals surface area contributed by atoms with Crippen molar-refractivity contribution in [1.82, 2.24) is 0 Å². The number of aryl methyl sites for hydroxylation is 1. The van der Waals surface area contributed by atoms with E-state index < -0.39 is 17.5 Å². The lowest BCUT2D eigenvalue weighted by atomic mass is 9.95. The predicted molar refractivity (Wildman–Crippen MR) is 151 cm³/mol. The fraction of sp³-hybridized carbons (Fsp3) is 0.212. The third-order valence-electron chi connectivity index (χ3n) is 7.33. The first-order chi connectivity index (χ1) is 18.2. The monoisotopic (exact) mass is 506 g/mol. The Kier molecular flexibility index (Phi) is 6.53. The molecule has 0 saturated heterocycles. The van der Waals surface area contributed by atoms with Gasteiger partial charge in [-0.2, -0.15) is 0 Å². The van der Waals surface area contributed by atoms with Crippen molar-refractivity contribution in [3.05, 3.63) is 101 Å². The second-order valence-electron chi connectivity index (χ2n) is 10.3. The molecular weight excluding hydrogens is 476 g/mol. The van der Waals surface area contributed by atoms with Crippen LogP contribution in [0.5, 0.6) is 5.75 Å². The standard InChI is InChI=1S/C19H12O2.C14H18O3/c20-19(21)15-9-10-17-14(11-15)8-7-13-6-5-12-3-1-2-4-16(12)18(13)17;1-9-7-8-12(11-6-4-5-10(9)11)17-14(2,3)13(15)16/h1-11H,(H,20,21);7-8H,4-6H2,1-3H3,(H,15,16). The summed E-state index contributed by atoms with van der Waals surface area (Å²) in [6.45, 7) is 5.25. The van der Waals surface area contributed by atoms with E-state index in [0.29, 0.717) is 5.56 Å². The Morgan fingerprint density at radius 3 is 2.16 bits per heavy atom. The van der Waals surface area contributed by atoms with Gasteiger partial charge in [-0.1, -0.05) is 60.7 Å². The van der Waals surface area contributed by atoms with Crippen LogP contribution in [0, 0.1) is 6.92 Å². The number of aliphatic carboxylic acids is 1. The fourth-order valence-corrected chi connectivity index (χ4v) is 5.24. The summed E-state index contributed by atoms with van der Waals surface area (Å²) >= 11 is 0. The van der Waals surface area contributed by atoms with Crippen molar-refractivity contribution in [1.29, 1.82) is 0 Å². The molecule has 6 rings (SSSR count). The third-order valence-corrected chi connectivity index (χ3v) is 7.33. The van der Waals surface area contributed by atoms with Gasteiger partial charge in [-0.25, -0.2) is 9.59 Å². The van der Waals surface area contributed by atoms with Gasteiger partial charge in [-0.15, -0.1) is 0 Å². The van der Waals surface area contributed by atoms with E-state index >= 15 is 0 Å². The molecule has 0 spiro atoms. The zero-order chi connectivity index (χ0) is 27.0. The van der Waals surface area contributed by atoms with Gasteiger partial charge in [0.1, 0.15) is 5.75 Å². The number of ether oxygens (including phenoxy) is 1. The molecular formula is C33H30O5. The predicted octanol–water partition coefficient (Wildman–Crippen LogP) is 7.57. The van der Waals surface area contributed by atoms with Crippen molar-refractivity contribution in [2.45, 2.75) is 45.6 Å². The molecule has 5 aromatic carbocycles. The minimum absolute atomic E-state index is 0.321. The number of carboxylic acid groups (broad SMARTS) is 2. The summed E-state index contributed by atoms with van der Waals surface area (Å²) in [6, 6.07) is 25.8. The first kappa shape index (κ1) is 25.3. The molecule has 0 aliphatic heterocycles. The van der Waals surface area contributed by atoms with Gasteiger partial charge in [0.15, 0.2) is 5.60 Å². The van der Waals surface area contributed by atoms with Crippen LogP contribution < -0.4 is 4.74 Å². The quantitative estimate of drug-likeness (QED) is 0.246. The maximum Gasteiger partial charge on any atom is 0.347 e. The molecule has 0 heterocycles. The number of benzene rings is 5. The number of carboxylic acids is 2. The van der Waals surface area contributed by atoms with Crippen LogP contribution in [-0.4, -0.2) is 27.8 Å². The van der Waals surface area contributed by atoms with Crippen LogP contribution in [0.15, 0.2) is 78.9 Å². The minimum Gasteiger partial charge on any atom is -0.478 e. The summed E-state index contributed by atoms with van der Waals surface area (Å²) in [7, 11) is 0. The van der Waals surface area contributed by atoms with Crippen molar-refractivity contribution in [3.63, 3.8) is 0 Å². The number of hydrogen-bond acceptors (Lipinski definition) is 3. The molecule has 0 unspecified atom stereocenters. The summed E-state index contributed by atoms with van der Waals surface area (Å²) in [6.07, 6.45) is 3.19. The van der Waals surface area contributed by atoms with Crippen molar-refractivity contribution in [3.8, 4) is 5.75 Å². The van der Waals surface area contributed by atoms with E-state index in [-0.39, 0.29) is 0 Å². The van der Waals surface area contributed by atoms with E-state index in [2.05, 4.69) is 37.3 Å². The Labute approximate surface area is 221 Å². The smallest absolute Gasteiger partial charge is 0.347 e. The van der Waals surface area contributed by atoms with E-state index in [1.165, 1.54) is 38.2 Å². The van der Waals surface area contributed by atoms with Crippen LogP contribution in [0.2, 0.25) is 0 Å². The molecule has 5 nitrogen and oxygen atoms in total. The zero-order valence-corrected chi connectivity index (χ0v) is 21.7. The van der Waals surface area contributed by atoms with E-state index in [0.717, 1.165) is 35.8 Å². The Morgan fingerprint density at radius 1 is 0.763 bits per heavy atom. The Morgan fingerprint density at radius 2 is 1.42 bits per heavy atom. The second kappa shape index (κ2) is 9.82. The summed E-state index contributed by atoms with van der Waals surface area (Å²) in [5, 5.41) is 25.0. The van der Waals surface area contributed by atoms with Crippen LogP contribution in [0.1, 0.15) is 47.3 Å². The highest BCUT2D eigenvalue weighted by molar-refractivity contribution is 6.20. The molecule has 0 saturated carbocycles. The molecule has 0 fully saturated rings. The van der Waals surface area contributed by atoms with E-state index in [1.54, 1.807) is 26.0 Å². The second-order valence-corrected chi connectivity index (χ2v) is 10.3. The maximum absolute atomic E-state index is 11.1. The Balaban J connectivity index is 0.000000159. The molecule has 1 aliphatic carbocycles. The molecule has 1 aliphatic rings. The highest BCUT2D eigenvalue weighted by Crippen LogP contribution is 2.35. The lowest BCUT2D eigenvalue weighted by Crippen LogP contribution is -2.38. The highest BCUT2D eigenvalue weighted by Gasteiger charge is 2.31. The van der Waals surface area contributed by atoms with Crippen LogP contribution in [0.3, 0.4) is 0 Å². The van der Waals surface area contributed by atoms with Gasteiger partial charge in [0, 0.05) is 0 Å². The van der Waals surface area contributed by atoms with E-state index in [4.69, 9.17) is 14.9 Å². The van der Waals surface area contributed by atoms with Crippen LogP contribution in [0.4, 0.5) is 0 Å². The van der Waals surface area contributed by atoms with Crippen LogP contribution in [-0.2, 0) is 17.6 Å². The molecule has 5 heteroatoms. The van der Waals surface area contributed by atoms with Gasteiger partial charge in [0.05, 0.1) is 5.56 Å². The van der Waals surface area contributed by atoms with Gasteiger partial charge < -0.3 is 14.9 Å². The van der Waals surface area contributed by atoms with Gasteiger partial charge in [-0.05, 0) is 107 Å². The van der Waals surface area contributed by atoms with Gasteiger partial charge >= 0.3 is 11.9 Å². The number of aromatic carboxylic acids is 1. The first-order valence-electron chi connectivity index (χ1n) is 12.8. The van der Waals surface area contributed by atoms with E-state index in [9.17, 15) is 9.59 Å². The summed E-state index contributed by atoms with van der Waals surface area (Å²) in [5.74, 6) is -1.10. The average Bonchev–Trinajstić information content (AvgIpc) is 3.41. The lowest BCUT2D eigenvalue weighted by Gasteiger charge is -2.23. The SMILES string of the molecule is Cc1ccc(OC(C)(C)C(=O)O)c2c1CCC2.O=C(O)c1ccc2c(ccc3ccc4ccccc4c32)c1. The molecule has 0 radical (unpaired) electrons. The van der Waals surface area contributed by atoms with Crippen molar-refractivity contribution in [2.75, 3.05) is 0 Å². The molecule has 192 valence electrons. The maximum atomic E-state index is 11.1. The van der Waals surface area contributed by atoms with Crippen LogP contribution in [0.25, 0.3) is 32.3 Å². The summed E-state index contributed by atoms with van der Waals surface area (Å²) < 4.78 is 5.66. The van der Waals surface area contributed by atoms with Crippen molar-refractivity contribution >= 4 is 44.3 Å². The minimum atomic E-state index is -1.17. The summed E-state index contributed by atoms with van der Waals surface area (Å²) in [5.41, 5.74) is 2.95. The number of hydrogen-bond donors (Lipinski definition) is 2. The van der Waals surface area contributed by atoms with Gasteiger partial charge in [0.25, 0.3) is 0 Å². The molecule has 2 N–H and O–H groups in total. The highest BCUT2D eigenvalue weighted by atomic mass is 16.5. The van der Waals surface area contributed by atoms with Gasteiger partial charge in [-0.3, -0.25) is 0 Å². The molecule has 5 aromatic rings.